The Kier molecular flexibility index (Phi) is 3.17. The highest BCUT2D eigenvalue weighted by Gasteiger charge is 2.50. The molecule has 0 aromatic carbocycles. The Morgan fingerprint density at radius 2 is 1.86 bits per heavy atom. The summed E-state index contributed by atoms with van der Waals surface area (Å²) in [7, 11) is 0. The van der Waals surface area contributed by atoms with E-state index >= 15 is 0 Å². The van der Waals surface area contributed by atoms with Gasteiger partial charge in [0.1, 0.15) is 0 Å². The van der Waals surface area contributed by atoms with Crippen molar-refractivity contribution in [2.45, 2.75) is 22.6 Å². The summed E-state index contributed by atoms with van der Waals surface area (Å²) < 4.78 is 3.69. The Morgan fingerprint density at radius 3 is 2.14 bits per heavy atom. The number of alkyl halides is 3. The highest BCUT2D eigenvalue weighted by Crippen LogP contribution is 2.44. The van der Waals surface area contributed by atoms with Gasteiger partial charge in [0.05, 0.1) is 0 Å². The third-order valence-corrected chi connectivity index (χ3v) is 2.73. The van der Waals surface area contributed by atoms with Crippen LogP contribution in [0.15, 0.2) is 0 Å². The van der Waals surface area contributed by atoms with Crippen molar-refractivity contribution < 1.29 is 14.3 Å². The van der Waals surface area contributed by atoms with E-state index in [1.165, 1.54) is 13.8 Å². The monoisotopic (exact) mass is 277 g/mol. The fourth-order valence-corrected chi connectivity index (χ4v) is 2.06. The first kappa shape index (κ1) is 12.2. The summed E-state index contributed by atoms with van der Waals surface area (Å²) in [6.45, 7) is 2.93. The predicted molar refractivity (Wildman–Crippen MR) is 55.3 cm³/mol. The van der Waals surface area contributed by atoms with E-state index in [1.54, 1.807) is 0 Å². The number of halogens is 3. The number of carbonyl (C=O) groups excluding carboxylic acids is 2. The first-order chi connectivity index (χ1) is 6.13. The standard InChI is InChI=1S/C6H6Cl3NO3S/c1-5(2)3(11)10(4(12)13-5)14-6(7,8)9/h1-2H3. The molecule has 0 N–H and O–H groups in total. The Balaban J connectivity index is 2.82. The number of cyclic esters (lactones) is 1. The number of hydrogen-bond donors (Lipinski definition) is 0. The van der Waals surface area contributed by atoms with Crippen molar-refractivity contribution in [3.8, 4) is 0 Å². The molecule has 1 heterocycles. The zero-order valence-electron chi connectivity index (χ0n) is 7.21. The maximum atomic E-state index is 11.5. The van der Waals surface area contributed by atoms with E-state index in [1.807, 2.05) is 0 Å². The van der Waals surface area contributed by atoms with E-state index in [2.05, 4.69) is 0 Å². The Bertz CT molecular complexity index is 289. The van der Waals surface area contributed by atoms with Crippen LogP contribution in [0.4, 0.5) is 4.79 Å². The van der Waals surface area contributed by atoms with Crippen molar-refractivity contribution in [3.63, 3.8) is 0 Å². The predicted octanol–water partition coefficient (Wildman–Crippen LogP) is 2.72. The van der Waals surface area contributed by atoms with Crippen LogP contribution in [0.1, 0.15) is 13.8 Å². The minimum atomic E-state index is -1.77. The van der Waals surface area contributed by atoms with Gasteiger partial charge in [0.2, 0.25) is 0 Å². The first-order valence-electron chi connectivity index (χ1n) is 3.47. The van der Waals surface area contributed by atoms with Crippen LogP contribution in [0, 0.1) is 0 Å². The minimum absolute atomic E-state index is 0.488. The summed E-state index contributed by atoms with van der Waals surface area (Å²) in [5.74, 6) is -0.543. The van der Waals surface area contributed by atoms with Gasteiger partial charge in [-0.2, -0.15) is 4.31 Å². The molecule has 1 rings (SSSR count). The van der Waals surface area contributed by atoms with E-state index in [9.17, 15) is 9.59 Å². The van der Waals surface area contributed by atoms with E-state index in [4.69, 9.17) is 39.5 Å². The smallest absolute Gasteiger partial charge is 0.428 e. The lowest BCUT2D eigenvalue weighted by Gasteiger charge is -2.16. The Morgan fingerprint density at radius 1 is 1.36 bits per heavy atom. The van der Waals surface area contributed by atoms with Gasteiger partial charge in [0.25, 0.3) is 9.03 Å². The molecule has 0 aliphatic carbocycles. The van der Waals surface area contributed by atoms with Gasteiger partial charge in [-0.25, -0.2) is 4.79 Å². The molecule has 0 unspecified atom stereocenters. The van der Waals surface area contributed by atoms with Gasteiger partial charge in [-0.05, 0) is 13.8 Å². The summed E-state index contributed by atoms with van der Waals surface area (Å²) in [4.78, 5) is 22.7. The molecule has 0 spiro atoms. The second kappa shape index (κ2) is 3.63. The van der Waals surface area contributed by atoms with Gasteiger partial charge in [0.15, 0.2) is 5.60 Å². The molecule has 0 radical (unpaired) electrons. The first-order valence-corrected chi connectivity index (χ1v) is 5.37. The molecule has 1 aliphatic rings. The molecule has 1 saturated heterocycles. The van der Waals surface area contributed by atoms with E-state index in [-0.39, 0.29) is 0 Å². The number of nitrogens with zero attached hydrogens (tertiary/aromatic N) is 1. The molecule has 8 heteroatoms. The van der Waals surface area contributed by atoms with Gasteiger partial charge >= 0.3 is 6.09 Å². The fraction of sp³-hybridized carbons (Fsp3) is 0.667. The summed E-state index contributed by atoms with van der Waals surface area (Å²) in [6, 6.07) is 0. The quantitative estimate of drug-likeness (QED) is 0.546. The molecule has 4 nitrogen and oxygen atoms in total. The molecule has 0 bridgehead atoms. The highest BCUT2D eigenvalue weighted by molar-refractivity contribution is 8.03. The average Bonchev–Trinajstić information content (AvgIpc) is 2.10. The highest BCUT2D eigenvalue weighted by atomic mass is 35.6. The van der Waals surface area contributed by atoms with Crippen molar-refractivity contribution in [3.05, 3.63) is 0 Å². The molecule has 80 valence electrons. The molecule has 1 fully saturated rings. The summed E-state index contributed by atoms with van der Waals surface area (Å²) in [6.07, 6.45) is -0.823. The van der Waals surface area contributed by atoms with Crippen LogP contribution in [-0.2, 0) is 9.53 Å². The SMILES string of the molecule is CC1(C)OC(=O)N(SC(Cl)(Cl)Cl)C1=O. The maximum Gasteiger partial charge on any atom is 0.428 e. The summed E-state index contributed by atoms with van der Waals surface area (Å²) in [5, 5.41) is 0. The van der Waals surface area contributed by atoms with Crippen LogP contribution < -0.4 is 0 Å². The van der Waals surface area contributed by atoms with Gasteiger partial charge in [0, 0.05) is 11.9 Å². The minimum Gasteiger partial charge on any atom is -0.432 e. The number of carbonyl (C=O) groups is 2. The largest absolute Gasteiger partial charge is 0.432 e. The molecule has 0 saturated carbocycles. The molecule has 2 amide bonds. The molecule has 14 heavy (non-hydrogen) atoms. The Hall–Kier alpha value is 0.160. The molecule has 1 aliphatic heterocycles. The number of amides is 2. The lowest BCUT2D eigenvalue weighted by atomic mass is 10.1. The maximum absolute atomic E-state index is 11.5. The second-order valence-electron chi connectivity index (χ2n) is 3.01. The van der Waals surface area contributed by atoms with Crippen LogP contribution in [0.5, 0.6) is 0 Å². The van der Waals surface area contributed by atoms with Crippen molar-refractivity contribution in [2.75, 3.05) is 0 Å². The summed E-state index contributed by atoms with van der Waals surface area (Å²) in [5.41, 5.74) is -1.19. The van der Waals surface area contributed by atoms with Crippen molar-refractivity contribution in [1.82, 2.24) is 4.31 Å². The Labute approximate surface area is 99.9 Å². The third kappa shape index (κ3) is 2.59. The van der Waals surface area contributed by atoms with Crippen molar-refractivity contribution in [1.29, 1.82) is 0 Å². The number of rotatable bonds is 1. The molecule has 0 aromatic heterocycles. The van der Waals surface area contributed by atoms with Crippen LogP contribution >= 0.6 is 46.8 Å². The summed E-state index contributed by atoms with van der Waals surface area (Å²) >= 11 is 16.8. The topological polar surface area (TPSA) is 46.6 Å². The van der Waals surface area contributed by atoms with Crippen LogP contribution in [0.3, 0.4) is 0 Å². The number of hydrogen-bond acceptors (Lipinski definition) is 4. The molecular weight excluding hydrogens is 272 g/mol. The van der Waals surface area contributed by atoms with Crippen LogP contribution in [0.2, 0.25) is 0 Å². The van der Waals surface area contributed by atoms with E-state index in [0.717, 1.165) is 0 Å². The lowest BCUT2D eigenvalue weighted by molar-refractivity contribution is -0.131. The van der Waals surface area contributed by atoms with Gasteiger partial charge in [-0.15, -0.1) is 0 Å². The van der Waals surface area contributed by atoms with Crippen molar-refractivity contribution in [2.24, 2.45) is 0 Å². The van der Waals surface area contributed by atoms with Gasteiger partial charge < -0.3 is 4.74 Å². The number of imide groups is 1. The van der Waals surface area contributed by atoms with E-state index < -0.39 is 20.7 Å². The normalized spacial score (nSPS) is 21.4. The van der Waals surface area contributed by atoms with Gasteiger partial charge in [-0.1, -0.05) is 34.8 Å². The van der Waals surface area contributed by atoms with Gasteiger partial charge in [-0.3, -0.25) is 4.79 Å². The van der Waals surface area contributed by atoms with Crippen LogP contribution in [0.25, 0.3) is 0 Å². The zero-order valence-corrected chi connectivity index (χ0v) is 10.3. The second-order valence-corrected chi connectivity index (χ2v) is 7.13. The number of ether oxygens (including phenoxy) is 1. The molecular formula is C6H6Cl3NO3S. The fourth-order valence-electron chi connectivity index (χ4n) is 0.813. The van der Waals surface area contributed by atoms with E-state index in [0.29, 0.717) is 16.3 Å². The van der Waals surface area contributed by atoms with Crippen molar-refractivity contribution >= 4 is 58.8 Å². The third-order valence-electron chi connectivity index (χ3n) is 1.40. The molecule has 0 aromatic rings. The average molecular weight is 279 g/mol. The zero-order chi connectivity index (χ0) is 11.1. The van der Waals surface area contributed by atoms with Crippen LogP contribution in [-0.4, -0.2) is 25.0 Å². The molecule has 0 atom stereocenters. The lowest BCUT2D eigenvalue weighted by Crippen LogP contribution is -2.33.